The van der Waals surface area contributed by atoms with Crippen LogP contribution in [0.3, 0.4) is 0 Å². The number of piperidine rings is 1. The predicted octanol–water partition coefficient (Wildman–Crippen LogP) is 2.20. The minimum Gasteiger partial charge on any atom is -0.444 e. The third-order valence-corrected chi connectivity index (χ3v) is 3.90. The second-order valence-corrected chi connectivity index (χ2v) is 6.53. The molecule has 0 aromatic carbocycles. The second kappa shape index (κ2) is 5.50. The van der Waals surface area contributed by atoms with E-state index in [2.05, 4.69) is 4.98 Å². The summed E-state index contributed by atoms with van der Waals surface area (Å²) in [7, 11) is 0. The number of nitrogens with zero attached hydrogens (tertiary/aromatic N) is 3. The highest BCUT2D eigenvalue weighted by molar-refractivity contribution is 5.84. The molecule has 6 heteroatoms. The maximum atomic E-state index is 12.1. The van der Waals surface area contributed by atoms with E-state index in [1.54, 1.807) is 24.3 Å². The van der Waals surface area contributed by atoms with Crippen LogP contribution in [0.5, 0.6) is 0 Å². The predicted molar refractivity (Wildman–Crippen MR) is 77.9 cm³/mol. The Hall–Kier alpha value is -1.85. The summed E-state index contributed by atoms with van der Waals surface area (Å²) in [5.74, 6) is 0.101. The van der Waals surface area contributed by atoms with Crippen LogP contribution < -0.4 is 0 Å². The quantitative estimate of drug-likeness (QED) is 0.838. The Morgan fingerprint density at radius 2 is 1.86 bits per heavy atom. The Balaban J connectivity index is 2.08. The van der Waals surface area contributed by atoms with Crippen molar-refractivity contribution in [1.82, 2.24) is 14.5 Å². The standard InChI is InChI=1S/C15H23N3O3/c1-12(19)15(18-10-7-16-11-18)5-8-17(9-6-15)13(20)21-14(2,3)4/h7,10-11H,5-6,8-9H2,1-4H3. The van der Waals surface area contributed by atoms with Crippen LogP contribution in [-0.4, -0.2) is 45.0 Å². The smallest absolute Gasteiger partial charge is 0.410 e. The first kappa shape index (κ1) is 15.5. The number of carbonyl (C=O) groups excluding carboxylic acids is 2. The van der Waals surface area contributed by atoms with Gasteiger partial charge in [-0.05, 0) is 40.5 Å². The maximum Gasteiger partial charge on any atom is 0.410 e. The monoisotopic (exact) mass is 293 g/mol. The van der Waals surface area contributed by atoms with E-state index >= 15 is 0 Å². The fourth-order valence-electron chi connectivity index (χ4n) is 2.69. The highest BCUT2D eigenvalue weighted by Crippen LogP contribution is 2.31. The third-order valence-electron chi connectivity index (χ3n) is 3.90. The Bertz CT molecular complexity index is 509. The fraction of sp³-hybridized carbons (Fsp3) is 0.667. The first-order chi connectivity index (χ1) is 9.74. The summed E-state index contributed by atoms with van der Waals surface area (Å²) < 4.78 is 7.24. The number of hydrogen-bond donors (Lipinski definition) is 0. The zero-order valence-corrected chi connectivity index (χ0v) is 13.1. The lowest BCUT2D eigenvalue weighted by molar-refractivity contribution is -0.128. The molecule has 1 aromatic rings. The molecule has 21 heavy (non-hydrogen) atoms. The zero-order chi connectivity index (χ0) is 15.7. The van der Waals surface area contributed by atoms with E-state index in [9.17, 15) is 9.59 Å². The number of aromatic nitrogens is 2. The van der Waals surface area contributed by atoms with Crippen molar-refractivity contribution in [2.24, 2.45) is 0 Å². The van der Waals surface area contributed by atoms with Gasteiger partial charge in [-0.25, -0.2) is 9.78 Å². The molecular weight excluding hydrogens is 270 g/mol. The van der Waals surface area contributed by atoms with Crippen molar-refractivity contribution in [1.29, 1.82) is 0 Å². The first-order valence-corrected chi connectivity index (χ1v) is 7.22. The first-order valence-electron chi connectivity index (χ1n) is 7.22. The average molecular weight is 293 g/mol. The molecule has 1 saturated heterocycles. The Morgan fingerprint density at radius 3 is 2.29 bits per heavy atom. The number of imidazole rings is 1. The Kier molecular flexibility index (Phi) is 4.07. The van der Waals surface area contributed by atoms with Crippen LogP contribution in [0, 0.1) is 0 Å². The number of ketones is 1. The minimum absolute atomic E-state index is 0.101. The lowest BCUT2D eigenvalue weighted by Crippen LogP contribution is -2.52. The maximum absolute atomic E-state index is 12.1. The van der Waals surface area contributed by atoms with E-state index < -0.39 is 11.1 Å². The van der Waals surface area contributed by atoms with E-state index in [0.717, 1.165) is 0 Å². The minimum atomic E-state index is -0.588. The van der Waals surface area contributed by atoms with Gasteiger partial charge in [0.25, 0.3) is 0 Å². The largest absolute Gasteiger partial charge is 0.444 e. The molecular formula is C15H23N3O3. The van der Waals surface area contributed by atoms with Crippen molar-refractivity contribution in [2.75, 3.05) is 13.1 Å². The molecule has 2 rings (SSSR count). The number of rotatable bonds is 2. The van der Waals surface area contributed by atoms with Gasteiger partial charge >= 0.3 is 6.09 Å². The molecule has 0 atom stereocenters. The van der Waals surface area contributed by atoms with E-state index in [-0.39, 0.29) is 11.9 Å². The molecule has 1 aliphatic heterocycles. The Labute approximate surface area is 125 Å². The Morgan fingerprint density at radius 1 is 1.24 bits per heavy atom. The van der Waals surface area contributed by atoms with Gasteiger partial charge in [0.2, 0.25) is 0 Å². The zero-order valence-electron chi connectivity index (χ0n) is 13.1. The number of ether oxygens (including phenoxy) is 1. The van der Waals surface area contributed by atoms with Gasteiger partial charge in [-0.2, -0.15) is 0 Å². The average Bonchev–Trinajstić information content (AvgIpc) is 2.90. The summed E-state index contributed by atoms with van der Waals surface area (Å²) in [6.45, 7) is 8.16. The topological polar surface area (TPSA) is 64.4 Å². The number of likely N-dealkylation sites (tertiary alicyclic amines) is 1. The molecule has 2 heterocycles. The molecule has 0 spiro atoms. The van der Waals surface area contributed by atoms with Gasteiger partial charge in [-0.3, -0.25) is 4.79 Å². The van der Waals surface area contributed by atoms with Crippen LogP contribution in [0.15, 0.2) is 18.7 Å². The normalized spacial score (nSPS) is 18.4. The van der Waals surface area contributed by atoms with Gasteiger partial charge < -0.3 is 14.2 Å². The molecule has 1 aliphatic rings. The van der Waals surface area contributed by atoms with Crippen molar-refractivity contribution < 1.29 is 14.3 Å². The summed E-state index contributed by atoms with van der Waals surface area (Å²) >= 11 is 0. The van der Waals surface area contributed by atoms with Gasteiger partial charge in [0, 0.05) is 25.5 Å². The molecule has 0 N–H and O–H groups in total. The molecule has 0 bridgehead atoms. The number of amides is 1. The highest BCUT2D eigenvalue weighted by atomic mass is 16.6. The van der Waals surface area contributed by atoms with Gasteiger partial charge in [-0.1, -0.05) is 0 Å². The summed E-state index contributed by atoms with van der Waals surface area (Å²) in [5.41, 5.74) is -1.09. The van der Waals surface area contributed by atoms with Crippen molar-refractivity contribution >= 4 is 11.9 Å². The molecule has 0 aliphatic carbocycles. The summed E-state index contributed by atoms with van der Waals surface area (Å²) in [6, 6.07) is 0. The second-order valence-electron chi connectivity index (χ2n) is 6.53. The van der Waals surface area contributed by atoms with Gasteiger partial charge in [0.1, 0.15) is 11.1 Å². The summed E-state index contributed by atoms with van der Waals surface area (Å²) in [6.07, 6.45) is 6.00. The molecule has 0 unspecified atom stereocenters. The van der Waals surface area contributed by atoms with Crippen molar-refractivity contribution in [3.63, 3.8) is 0 Å². The molecule has 0 radical (unpaired) electrons. The van der Waals surface area contributed by atoms with Gasteiger partial charge in [-0.15, -0.1) is 0 Å². The molecule has 1 aromatic heterocycles. The number of carbonyl (C=O) groups is 2. The SMILES string of the molecule is CC(=O)C1(n2ccnc2)CCN(C(=O)OC(C)(C)C)CC1. The van der Waals surface area contributed by atoms with Crippen molar-refractivity contribution in [3.8, 4) is 0 Å². The molecule has 1 amide bonds. The van der Waals surface area contributed by atoms with E-state index in [4.69, 9.17) is 4.74 Å². The van der Waals surface area contributed by atoms with E-state index in [1.807, 2.05) is 31.5 Å². The number of hydrogen-bond acceptors (Lipinski definition) is 4. The van der Waals surface area contributed by atoms with Crippen LogP contribution >= 0.6 is 0 Å². The van der Waals surface area contributed by atoms with E-state index in [1.165, 1.54) is 0 Å². The highest BCUT2D eigenvalue weighted by Gasteiger charge is 2.41. The van der Waals surface area contributed by atoms with Gasteiger partial charge in [0.15, 0.2) is 5.78 Å². The molecule has 0 saturated carbocycles. The van der Waals surface area contributed by atoms with Crippen LogP contribution in [-0.2, 0) is 15.1 Å². The van der Waals surface area contributed by atoms with Crippen LogP contribution in [0.25, 0.3) is 0 Å². The summed E-state index contributed by atoms with van der Waals surface area (Å²) in [5, 5.41) is 0. The van der Waals surface area contributed by atoms with Crippen LogP contribution in [0.1, 0.15) is 40.5 Å². The van der Waals surface area contributed by atoms with Crippen molar-refractivity contribution in [3.05, 3.63) is 18.7 Å². The van der Waals surface area contributed by atoms with Crippen LogP contribution in [0.4, 0.5) is 4.79 Å². The lowest BCUT2D eigenvalue weighted by atomic mass is 9.84. The number of Topliss-reactive ketones (excluding diaryl/α,β-unsaturated/α-hetero) is 1. The molecule has 116 valence electrons. The van der Waals surface area contributed by atoms with Crippen molar-refractivity contribution in [2.45, 2.75) is 51.7 Å². The molecule has 1 fully saturated rings. The summed E-state index contributed by atoms with van der Waals surface area (Å²) in [4.78, 5) is 29.9. The fourth-order valence-corrected chi connectivity index (χ4v) is 2.69. The molecule has 6 nitrogen and oxygen atoms in total. The lowest BCUT2D eigenvalue weighted by Gasteiger charge is -2.41. The van der Waals surface area contributed by atoms with Crippen LogP contribution in [0.2, 0.25) is 0 Å². The third kappa shape index (κ3) is 3.25. The van der Waals surface area contributed by atoms with E-state index in [0.29, 0.717) is 25.9 Å². The van der Waals surface area contributed by atoms with Gasteiger partial charge in [0.05, 0.1) is 6.33 Å².